The Morgan fingerprint density at radius 2 is 1.40 bits per heavy atom. The zero-order valence-corrected chi connectivity index (χ0v) is 12.6. The van der Waals surface area contributed by atoms with Gasteiger partial charge in [-0.3, -0.25) is 9.13 Å². The summed E-state index contributed by atoms with van der Waals surface area (Å²) in [5.74, 6) is 0. The normalized spacial score (nSPS) is 13.1. The van der Waals surface area contributed by atoms with Crippen LogP contribution in [0.5, 0.6) is 0 Å². The summed E-state index contributed by atoms with van der Waals surface area (Å²) in [6.45, 7) is 0. The van der Waals surface area contributed by atoms with Gasteiger partial charge in [0.1, 0.15) is 0 Å². The number of thioether (sulfide) groups is 1. The summed E-state index contributed by atoms with van der Waals surface area (Å²) in [6, 6.07) is 12.1. The molecule has 6 nitrogen and oxygen atoms in total. The molecule has 0 amide bonds. The van der Waals surface area contributed by atoms with Gasteiger partial charge in [0.05, 0.1) is 0 Å². The van der Waals surface area contributed by atoms with Crippen molar-refractivity contribution in [3.8, 4) is 0 Å². The van der Waals surface area contributed by atoms with Gasteiger partial charge in [0, 0.05) is 4.90 Å². The molecule has 0 aliphatic rings. The maximum Gasteiger partial charge on any atom is 0.351 e. The second kappa shape index (κ2) is 5.62. The minimum absolute atomic E-state index is 0.416. The summed E-state index contributed by atoms with van der Waals surface area (Å²) in [4.78, 5) is 37.0. The molecule has 0 saturated carbocycles. The van der Waals surface area contributed by atoms with E-state index in [1.54, 1.807) is 30.3 Å². The van der Waals surface area contributed by atoms with Crippen LogP contribution in [-0.4, -0.2) is 24.3 Å². The smallest absolute Gasteiger partial charge is 0.323 e. The van der Waals surface area contributed by atoms with E-state index in [1.165, 1.54) is 0 Å². The fourth-order valence-electron chi connectivity index (χ4n) is 1.75. The Hall–Kier alpha value is -0.650. The predicted molar refractivity (Wildman–Crippen MR) is 77.7 cm³/mol. The van der Waals surface area contributed by atoms with Gasteiger partial charge in [-0.1, -0.05) is 48.2 Å². The number of rotatable bonds is 4. The monoisotopic (exact) mass is 334 g/mol. The molecule has 0 spiro atoms. The molecule has 2 rings (SSSR count). The highest BCUT2D eigenvalue weighted by atomic mass is 32.2. The molecule has 2 aromatic carbocycles. The molecule has 0 fully saturated rings. The molecule has 0 unspecified atom stereocenters. The van der Waals surface area contributed by atoms with Crippen molar-refractivity contribution >= 4 is 37.7 Å². The summed E-state index contributed by atoms with van der Waals surface area (Å²) >= 11 is 0.506. The fraction of sp³-hybridized carbons (Fsp3) is 0.0909. The molecule has 0 aromatic heterocycles. The van der Waals surface area contributed by atoms with Crippen molar-refractivity contribution in [3.63, 3.8) is 0 Å². The first kappa shape index (κ1) is 15.7. The Bertz CT molecular complexity index is 694. The summed E-state index contributed by atoms with van der Waals surface area (Å²) in [7, 11) is -9.88. The Morgan fingerprint density at radius 1 is 0.850 bits per heavy atom. The van der Waals surface area contributed by atoms with Crippen LogP contribution in [0.2, 0.25) is 0 Å². The molecule has 20 heavy (non-hydrogen) atoms. The molecule has 2 aromatic rings. The molecule has 0 aliphatic heterocycles. The van der Waals surface area contributed by atoms with Crippen LogP contribution in [0.15, 0.2) is 47.4 Å². The van der Waals surface area contributed by atoms with Crippen molar-refractivity contribution < 1.29 is 28.7 Å². The lowest BCUT2D eigenvalue weighted by Gasteiger charge is -2.19. The van der Waals surface area contributed by atoms with E-state index in [2.05, 4.69) is 0 Å². The lowest BCUT2D eigenvalue weighted by molar-refractivity contribution is 0.352. The third kappa shape index (κ3) is 3.51. The van der Waals surface area contributed by atoms with Gasteiger partial charge in [-0.05, 0) is 16.8 Å². The summed E-state index contributed by atoms with van der Waals surface area (Å²) in [6.07, 6.45) is 0. The number of hydrogen-bond donors (Lipinski definition) is 4. The molecular formula is C11H12O6P2S. The molecule has 0 saturated heterocycles. The molecule has 0 aliphatic carbocycles. The maximum atomic E-state index is 11.3. The predicted octanol–water partition coefficient (Wildman–Crippen LogP) is 2.57. The van der Waals surface area contributed by atoms with Crippen LogP contribution in [0.3, 0.4) is 0 Å². The van der Waals surface area contributed by atoms with Crippen molar-refractivity contribution in [2.45, 2.75) is 9.63 Å². The van der Waals surface area contributed by atoms with Gasteiger partial charge in [-0.15, -0.1) is 0 Å². The summed E-state index contributed by atoms with van der Waals surface area (Å²) < 4.78 is 20.5. The standard InChI is InChI=1S/C11H12O6P2S/c12-18(13,14)11(19(15,16)17)20-10-7-3-5-8-4-1-2-6-9(8)10/h1-7,11H,(H2,12,13,14)(H2,15,16,17). The van der Waals surface area contributed by atoms with Gasteiger partial charge in [0.25, 0.3) is 0 Å². The lowest BCUT2D eigenvalue weighted by atomic mass is 10.1. The van der Waals surface area contributed by atoms with E-state index in [0.29, 0.717) is 22.0 Å². The molecule has 0 bridgehead atoms. The lowest BCUT2D eigenvalue weighted by Crippen LogP contribution is -2.04. The first-order chi connectivity index (χ1) is 9.19. The minimum atomic E-state index is -4.94. The topological polar surface area (TPSA) is 115 Å². The van der Waals surface area contributed by atoms with Crippen molar-refractivity contribution in [2.75, 3.05) is 0 Å². The van der Waals surface area contributed by atoms with E-state index in [-0.39, 0.29) is 0 Å². The third-order valence-corrected chi connectivity index (χ3v) is 8.61. The zero-order chi connectivity index (χ0) is 15.0. The van der Waals surface area contributed by atoms with Gasteiger partial charge in [-0.2, -0.15) is 0 Å². The van der Waals surface area contributed by atoms with Crippen LogP contribution in [0.4, 0.5) is 0 Å². The highest BCUT2D eigenvalue weighted by Crippen LogP contribution is 2.66. The van der Waals surface area contributed by atoms with Crippen molar-refractivity contribution in [1.82, 2.24) is 0 Å². The van der Waals surface area contributed by atoms with E-state index in [1.807, 2.05) is 12.1 Å². The second-order valence-corrected chi connectivity index (χ2v) is 9.74. The zero-order valence-electron chi connectivity index (χ0n) is 10.0. The molecule has 0 heterocycles. The van der Waals surface area contributed by atoms with Crippen LogP contribution >= 0.6 is 27.0 Å². The van der Waals surface area contributed by atoms with E-state index in [9.17, 15) is 9.13 Å². The van der Waals surface area contributed by atoms with Crippen LogP contribution < -0.4 is 0 Å². The molecule has 108 valence electrons. The first-order valence-electron chi connectivity index (χ1n) is 5.44. The van der Waals surface area contributed by atoms with Crippen LogP contribution in [0, 0.1) is 0 Å². The van der Waals surface area contributed by atoms with Crippen molar-refractivity contribution in [2.24, 2.45) is 0 Å². The number of benzene rings is 2. The van der Waals surface area contributed by atoms with Gasteiger partial charge in [-0.25, -0.2) is 0 Å². The van der Waals surface area contributed by atoms with Gasteiger partial charge < -0.3 is 19.6 Å². The first-order valence-corrected chi connectivity index (χ1v) is 9.69. The largest absolute Gasteiger partial charge is 0.351 e. The highest BCUT2D eigenvalue weighted by molar-refractivity contribution is 8.12. The van der Waals surface area contributed by atoms with E-state index in [0.717, 1.165) is 5.39 Å². The van der Waals surface area contributed by atoms with Crippen LogP contribution in [0.1, 0.15) is 0 Å². The van der Waals surface area contributed by atoms with Gasteiger partial charge in [0.2, 0.25) is 4.73 Å². The van der Waals surface area contributed by atoms with Crippen molar-refractivity contribution in [1.29, 1.82) is 0 Å². The molecule has 4 N–H and O–H groups in total. The fourth-order valence-corrected chi connectivity index (χ4v) is 5.79. The van der Waals surface area contributed by atoms with Gasteiger partial charge >= 0.3 is 15.2 Å². The Morgan fingerprint density at radius 3 is 2.00 bits per heavy atom. The van der Waals surface area contributed by atoms with Crippen LogP contribution in [0.25, 0.3) is 10.8 Å². The maximum absolute atomic E-state index is 11.3. The van der Waals surface area contributed by atoms with Crippen molar-refractivity contribution in [3.05, 3.63) is 42.5 Å². The second-order valence-electron chi connectivity index (χ2n) is 4.10. The SMILES string of the molecule is O=P(O)(O)C(Sc1cccc2ccccc12)P(=O)(O)O. The molecule has 9 heteroatoms. The molecular weight excluding hydrogens is 322 g/mol. The highest BCUT2D eigenvalue weighted by Gasteiger charge is 2.44. The van der Waals surface area contributed by atoms with E-state index < -0.39 is 19.9 Å². The quantitative estimate of drug-likeness (QED) is 0.502. The molecule has 0 radical (unpaired) electrons. The average molecular weight is 334 g/mol. The number of fused-ring (bicyclic) bond motifs is 1. The number of hydrogen-bond acceptors (Lipinski definition) is 3. The molecule has 0 atom stereocenters. The Kier molecular flexibility index (Phi) is 4.42. The van der Waals surface area contributed by atoms with Crippen LogP contribution in [-0.2, 0) is 9.13 Å². The van der Waals surface area contributed by atoms with E-state index >= 15 is 0 Å². The Balaban J connectivity index is 2.50. The summed E-state index contributed by atoms with van der Waals surface area (Å²) in [5.41, 5.74) is 0. The van der Waals surface area contributed by atoms with E-state index in [4.69, 9.17) is 19.6 Å². The summed E-state index contributed by atoms with van der Waals surface area (Å²) in [5, 5.41) is 1.51. The Labute approximate surface area is 119 Å². The minimum Gasteiger partial charge on any atom is -0.323 e. The third-order valence-electron chi connectivity index (χ3n) is 2.56. The average Bonchev–Trinajstić information content (AvgIpc) is 2.33. The van der Waals surface area contributed by atoms with Gasteiger partial charge in [0.15, 0.2) is 0 Å².